The fraction of sp³-hybridized carbons (Fsp3) is 0.214. The van der Waals surface area contributed by atoms with Crippen LogP contribution in [0.15, 0.2) is 79.0 Å². The van der Waals surface area contributed by atoms with E-state index in [1.807, 2.05) is 48.7 Å². The first-order valence-corrected chi connectivity index (χ1v) is 11.7. The van der Waals surface area contributed by atoms with Gasteiger partial charge in [0.2, 0.25) is 11.8 Å². The highest BCUT2D eigenvalue weighted by atomic mass is 19.1. The fourth-order valence-electron chi connectivity index (χ4n) is 4.40. The molecule has 6 nitrogen and oxygen atoms in total. The van der Waals surface area contributed by atoms with E-state index < -0.39 is 5.92 Å². The van der Waals surface area contributed by atoms with Gasteiger partial charge in [0.15, 0.2) is 0 Å². The second-order valence-corrected chi connectivity index (χ2v) is 8.78. The summed E-state index contributed by atoms with van der Waals surface area (Å²) in [5, 5.41) is 3.73. The van der Waals surface area contributed by atoms with Gasteiger partial charge in [-0.3, -0.25) is 9.59 Å². The minimum absolute atomic E-state index is 0.0409. The van der Waals surface area contributed by atoms with Gasteiger partial charge in [-0.25, -0.2) is 4.39 Å². The van der Waals surface area contributed by atoms with Crippen LogP contribution in [0.2, 0.25) is 0 Å². The number of aromatic amines is 1. The number of nitrogens with zero attached hydrogens (tertiary/aromatic N) is 1. The number of ether oxygens (including phenoxy) is 1. The maximum atomic E-state index is 13.6. The maximum Gasteiger partial charge on any atom is 0.229 e. The summed E-state index contributed by atoms with van der Waals surface area (Å²) in [4.78, 5) is 30.1. The zero-order chi connectivity index (χ0) is 24.2. The van der Waals surface area contributed by atoms with Crippen molar-refractivity contribution in [2.24, 2.45) is 5.92 Å². The molecule has 178 valence electrons. The molecule has 5 rings (SSSR count). The standard InChI is InChI=1S/C28H26FN3O3/c29-22-6-11-26-25(15-22)20(16-30-26)12-13-32-17-21(14-27(32)33)28(34)31-23-7-9-24(10-8-23)35-18-19-4-2-1-3-5-19/h1-11,15-16,21,30H,12-14,17-18H2,(H,31,34). The molecular formula is C28H26FN3O3. The van der Waals surface area contributed by atoms with Crippen LogP contribution in [0, 0.1) is 11.7 Å². The lowest BCUT2D eigenvalue weighted by Crippen LogP contribution is -2.30. The Morgan fingerprint density at radius 3 is 2.69 bits per heavy atom. The number of carbonyl (C=O) groups is 2. The molecule has 0 aliphatic carbocycles. The molecule has 4 aromatic rings. The molecule has 2 heterocycles. The normalized spacial score (nSPS) is 15.5. The third-order valence-electron chi connectivity index (χ3n) is 6.34. The Balaban J connectivity index is 1.13. The van der Waals surface area contributed by atoms with Crippen LogP contribution in [0.4, 0.5) is 10.1 Å². The number of rotatable bonds is 8. The maximum absolute atomic E-state index is 13.6. The number of carbonyl (C=O) groups excluding carboxylic acids is 2. The van der Waals surface area contributed by atoms with E-state index in [1.165, 1.54) is 12.1 Å². The molecular weight excluding hydrogens is 445 g/mol. The molecule has 1 atom stereocenters. The van der Waals surface area contributed by atoms with Crippen LogP contribution in [0.1, 0.15) is 17.5 Å². The number of likely N-dealkylation sites (tertiary alicyclic amines) is 1. The molecule has 0 saturated carbocycles. The van der Waals surface area contributed by atoms with Crippen molar-refractivity contribution in [1.82, 2.24) is 9.88 Å². The Bertz CT molecular complexity index is 1330. The molecule has 0 radical (unpaired) electrons. The van der Waals surface area contributed by atoms with Crippen molar-refractivity contribution in [2.75, 3.05) is 18.4 Å². The molecule has 35 heavy (non-hydrogen) atoms. The molecule has 1 aliphatic heterocycles. The van der Waals surface area contributed by atoms with E-state index in [9.17, 15) is 14.0 Å². The van der Waals surface area contributed by atoms with Gasteiger partial charge < -0.3 is 19.9 Å². The van der Waals surface area contributed by atoms with Crippen molar-refractivity contribution in [1.29, 1.82) is 0 Å². The predicted molar refractivity (Wildman–Crippen MR) is 132 cm³/mol. The number of H-pyrrole nitrogens is 1. The summed E-state index contributed by atoms with van der Waals surface area (Å²) in [5.41, 5.74) is 3.56. The number of hydrogen-bond donors (Lipinski definition) is 2. The number of anilines is 1. The summed E-state index contributed by atoms with van der Waals surface area (Å²) < 4.78 is 19.4. The van der Waals surface area contributed by atoms with Gasteiger partial charge in [-0.2, -0.15) is 0 Å². The number of amides is 2. The molecule has 2 N–H and O–H groups in total. The van der Waals surface area contributed by atoms with Crippen molar-refractivity contribution in [2.45, 2.75) is 19.4 Å². The van der Waals surface area contributed by atoms with Gasteiger partial charge in [0, 0.05) is 42.3 Å². The zero-order valence-electron chi connectivity index (χ0n) is 19.2. The van der Waals surface area contributed by atoms with Crippen molar-refractivity contribution >= 4 is 28.4 Å². The van der Waals surface area contributed by atoms with E-state index in [4.69, 9.17) is 4.74 Å². The van der Waals surface area contributed by atoms with Gasteiger partial charge in [-0.05, 0) is 60.0 Å². The predicted octanol–water partition coefficient (Wildman–Crippen LogP) is 4.92. The summed E-state index contributed by atoms with van der Waals surface area (Å²) in [6, 6.07) is 21.7. The minimum Gasteiger partial charge on any atom is -0.489 e. The fourth-order valence-corrected chi connectivity index (χ4v) is 4.40. The zero-order valence-corrected chi connectivity index (χ0v) is 19.2. The van der Waals surface area contributed by atoms with Crippen LogP contribution < -0.4 is 10.1 Å². The Morgan fingerprint density at radius 1 is 1.09 bits per heavy atom. The number of nitrogens with one attached hydrogen (secondary N) is 2. The first kappa shape index (κ1) is 22.7. The quantitative estimate of drug-likeness (QED) is 0.383. The third-order valence-corrected chi connectivity index (χ3v) is 6.34. The van der Waals surface area contributed by atoms with Crippen molar-refractivity contribution in [3.05, 3.63) is 95.9 Å². The van der Waals surface area contributed by atoms with Crippen molar-refractivity contribution in [3.63, 3.8) is 0 Å². The van der Waals surface area contributed by atoms with Crippen molar-refractivity contribution in [3.8, 4) is 5.75 Å². The number of benzene rings is 3. The van der Waals surface area contributed by atoms with Crippen LogP contribution in [-0.4, -0.2) is 34.8 Å². The van der Waals surface area contributed by atoms with Gasteiger partial charge in [0.05, 0.1) is 5.92 Å². The van der Waals surface area contributed by atoms with E-state index in [1.54, 1.807) is 23.1 Å². The van der Waals surface area contributed by atoms with Crippen LogP contribution in [0.5, 0.6) is 5.75 Å². The smallest absolute Gasteiger partial charge is 0.229 e. The average Bonchev–Trinajstić information content (AvgIpc) is 3.45. The summed E-state index contributed by atoms with van der Waals surface area (Å²) in [6.45, 7) is 1.33. The van der Waals surface area contributed by atoms with Crippen LogP contribution in [-0.2, 0) is 22.6 Å². The molecule has 0 bridgehead atoms. The monoisotopic (exact) mass is 471 g/mol. The molecule has 1 aliphatic rings. The SMILES string of the molecule is O=C(Nc1ccc(OCc2ccccc2)cc1)C1CC(=O)N(CCc2c[nH]c3ccc(F)cc23)C1. The Hall–Kier alpha value is -4.13. The molecule has 1 fully saturated rings. The van der Waals surface area contributed by atoms with Crippen LogP contribution in [0.25, 0.3) is 10.9 Å². The molecule has 2 amide bonds. The molecule has 3 aromatic carbocycles. The second kappa shape index (κ2) is 10.0. The lowest BCUT2D eigenvalue weighted by Gasteiger charge is -2.16. The highest BCUT2D eigenvalue weighted by Gasteiger charge is 2.34. The van der Waals surface area contributed by atoms with E-state index in [0.29, 0.717) is 37.6 Å². The first-order valence-electron chi connectivity index (χ1n) is 11.7. The minimum atomic E-state index is -0.406. The Labute approximate surface area is 202 Å². The van der Waals surface area contributed by atoms with Gasteiger partial charge in [0.25, 0.3) is 0 Å². The summed E-state index contributed by atoms with van der Waals surface area (Å²) >= 11 is 0. The van der Waals surface area contributed by atoms with Crippen LogP contribution in [0.3, 0.4) is 0 Å². The highest BCUT2D eigenvalue weighted by molar-refractivity contribution is 5.97. The Kier molecular flexibility index (Phi) is 6.48. The third kappa shape index (κ3) is 5.35. The van der Waals surface area contributed by atoms with Gasteiger partial charge in [-0.15, -0.1) is 0 Å². The summed E-state index contributed by atoms with van der Waals surface area (Å²) in [5.74, 6) is -0.194. The largest absolute Gasteiger partial charge is 0.489 e. The topological polar surface area (TPSA) is 74.4 Å². The first-order chi connectivity index (χ1) is 17.0. The van der Waals surface area contributed by atoms with Gasteiger partial charge in [-0.1, -0.05) is 30.3 Å². The van der Waals surface area contributed by atoms with Crippen molar-refractivity contribution < 1.29 is 18.7 Å². The van der Waals surface area contributed by atoms with Gasteiger partial charge in [0.1, 0.15) is 18.2 Å². The lowest BCUT2D eigenvalue weighted by atomic mass is 10.1. The van der Waals surface area contributed by atoms with E-state index in [0.717, 1.165) is 22.0 Å². The van der Waals surface area contributed by atoms with E-state index >= 15 is 0 Å². The second-order valence-electron chi connectivity index (χ2n) is 8.78. The molecule has 1 unspecified atom stereocenters. The summed E-state index contributed by atoms with van der Waals surface area (Å²) in [7, 11) is 0. The average molecular weight is 472 g/mol. The van der Waals surface area contributed by atoms with Gasteiger partial charge >= 0.3 is 0 Å². The molecule has 7 heteroatoms. The lowest BCUT2D eigenvalue weighted by molar-refractivity contribution is -0.128. The number of fused-ring (bicyclic) bond motifs is 1. The summed E-state index contributed by atoms with van der Waals surface area (Å²) in [6.07, 6.45) is 2.63. The molecule has 0 spiro atoms. The molecule has 1 aromatic heterocycles. The number of hydrogen-bond acceptors (Lipinski definition) is 3. The van der Waals surface area contributed by atoms with E-state index in [2.05, 4.69) is 10.3 Å². The number of halogens is 1. The van der Waals surface area contributed by atoms with Crippen LogP contribution >= 0.6 is 0 Å². The Morgan fingerprint density at radius 2 is 1.89 bits per heavy atom. The highest BCUT2D eigenvalue weighted by Crippen LogP contribution is 2.24. The molecule has 1 saturated heterocycles. The van der Waals surface area contributed by atoms with E-state index in [-0.39, 0.29) is 24.1 Å². The number of aromatic nitrogens is 1.